The van der Waals surface area contributed by atoms with Crippen LogP contribution < -0.4 is 5.32 Å². The van der Waals surface area contributed by atoms with Crippen LogP contribution in [0.5, 0.6) is 0 Å². The molecule has 0 spiro atoms. The smallest absolute Gasteiger partial charge is 0.251 e. The third-order valence-electron chi connectivity index (χ3n) is 2.54. The molecule has 1 aromatic heterocycles. The number of nitrogens with one attached hydrogen (secondary N) is 1. The number of hydrogen-bond donors (Lipinski definition) is 1. The number of rotatable bonds is 4. The van der Waals surface area contributed by atoms with Gasteiger partial charge in [0.1, 0.15) is 5.01 Å². The molecule has 1 aromatic carbocycles. The maximum absolute atomic E-state index is 12.0. The Kier molecular flexibility index (Phi) is 4.33. The number of halogens is 1. The minimum atomic E-state index is -0.0983. The third kappa shape index (κ3) is 3.09. The van der Waals surface area contributed by atoms with Gasteiger partial charge in [-0.05, 0) is 24.6 Å². The molecule has 0 bridgehead atoms. The summed E-state index contributed by atoms with van der Waals surface area (Å²) >= 11 is 7.23. The average molecular weight is 281 g/mol. The Hall–Kier alpha value is -1.39. The van der Waals surface area contributed by atoms with Gasteiger partial charge in [0.2, 0.25) is 0 Å². The largest absolute Gasteiger partial charge is 0.343 e. The standard InChI is InChI=1S/C13H13ClN2OS/c1-9(13-15-6-7-18-13)16-12(17)11-4-2-10(8-14)3-5-11/h2-7,9H,8H2,1H3,(H,16,17). The van der Waals surface area contributed by atoms with Crippen molar-refractivity contribution < 1.29 is 4.79 Å². The molecule has 5 heteroatoms. The van der Waals surface area contributed by atoms with Crippen molar-refractivity contribution in [2.45, 2.75) is 18.8 Å². The molecule has 0 radical (unpaired) electrons. The maximum Gasteiger partial charge on any atom is 0.251 e. The zero-order valence-corrected chi connectivity index (χ0v) is 11.5. The van der Waals surface area contributed by atoms with Crippen molar-refractivity contribution in [3.05, 3.63) is 52.0 Å². The van der Waals surface area contributed by atoms with Crippen LogP contribution in [-0.4, -0.2) is 10.9 Å². The Morgan fingerprint density at radius 1 is 1.44 bits per heavy atom. The van der Waals surface area contributed by atoms with Crippen LogP contribution in [0.3, 0.4) is 0 Å². The summed E-state index contributed by atoms with van der Waals surface area (Å²) in [5, 5.41) is 5.71. The molecule has 0 aliphatic heterocycles. The molecule has 1 heterocycles. The fraction of sp³-hybridized carbons (Fsp3) is 0.231. The van der Waals surface area contributed by atoms with Gasteiger partial charge in [-0.15, -0.1) is 22.9 Å². The van der Waals surface area contributed by atoms with E-state index in [-0.39, 0.29) is 11.9 Å². The first-order chi connectivity index (χ1) is 8.70. The number of alkyl halides is 1. The van der Waals surface area contributed by atoms with E-state index in [1.165, 1.54) is 11.3 Å². The van der Waals surface area contributed by atoms with Crippen molar-refractivity contribution in [3.8, 4) is 0 Å². The molecule has 0 aliphatic rings. The highest BCUT2D eigenvalue weighted by molar-refractivity contribution is 7.09. The molecule has 0 saturated heterocycles. The van der Waals surface area contributed by atoms with Crippen molar-refractivity contribution >= 4 is 28.8 Å². The fourth-order valence-corrected chi connectivity index (χ4v) is 2.36. The van der Waals surface area contributed by atoms with E-state index < -0.39 is 0 Å². The van der Waals surface area contributed by atoms with Gasteiger partial charge in [0.25, 0.3) is 5.91 Å². The van der Waals surface area contributed by atoms with Crippen molar-refractivity contribution in [3.63, 3.8) is 0 Å². The zero-order chi connectivity index (χ0) is 13.0. The topological polar surface area (TPSA) is 42.0 Å². The minimum Gasteiger partial charge on any atom is -0.343 e. The van der Waals surface area contributed by atoms with Gasteiger partial charge in [-0.2, -0.15) is 0 Å². The summed E-state index contributed by atoms with van der Waals surface area (Å²) in [6, 6.07) is 7.19. The van der Waals surface area contributed by atoms with Gasteiger partial charge in [-0.25, -0.2) is 4.98 Å². The summed E-state index contributed by atoms with van der Waals surface area (Å²) in [6.07, 6.45) is 1.73. The molecule has 0 fully saturated rings. The number of nitrogens with zero attached hydrogens (tertiary/aromatic N) is 1. The lowest BCUT2D eigenvalue weighted by atomic mass is 10.1. The summed E-state index contributed by atoms with van der Waals surface area (Å²) in [5.74, 6) is 0.357. The molecule has 1 N–H and O–H groups in total. The molecule has 2 aromatic rings. The molecule has 1 amide bonds. The summed E-state index contributed by atoms with van der Waals surface area (Å²) in [7, 11) is 0. The van der Waals surface area contributed by atoms with E-state index in [9.17, 15) is 4.79 Å². The molecule has 18 heavy (non-hydrogen) atoms. The molecular weight excluding hydrogens is 268 g/mol. The Morgan fingerprint density at radius 2 is 2.17 bits per heavy atom. The molecule has 94 valence electrons. The van der Waals surface area contributed by atoms with Gasteiger partial charge in [0, 0.05) is 23.0 Å². The van der Waals surface area contributed by atoms with E-state index in [1.807, 2.05) is 24.4 Å². The van der Waals surface area contributed by atoms with E-state index >= 15 is 0 Å². The first kappa shape index (κ1) is 13.1. The lowest BCUT2D eigenvalue weighted by Crippen LogP contribution is -2.26. The number of hydrogen-bond acceptors (Lipinski definition) is 3. The zero-order valence-electron chi connectivity index (χ0n) is 9.89. The maximum atomic E-state index is 12.0. The van der Waals surface area contributed by atoms with Crippen molar-refractivity contribution in [1.29, 1.82) is 0 Å². The first-order valence-corrected chi connectivity index (χ1v) is 6.97. The van der Waals surface area contributed by atoms with Gasteiger partial charge in [-0.1, -0.05) is 12.1 Å². The van der Waals surface area contributed by atoms with Crippen LogP contribution >= 0.6 is 22.9 Å². The Labute approximate surface area is 115 Å². The quantitative estimate of drug-likeness (QED) is 0.873. The highest BCUT2D eigenvalue weighted by Gasteiger charge is 2.12. The minimum absolute atomic E-state index is 0.0785. The molecule has 0 saturated carbocycles. The molecule has 1 unspecified atom stereocenters. The van der Waals surface area contributed by atoms with Crippen molar-refractivity contribution in [2.75, 3.05) is 0 Å². The molecule has 2 rings (SSSR count). The SMILES string of the molecule is CC(NC(=O)c1ccc(CCl)cc1)c1nccs1. The van der Waals surface area contributed by atoms with Gasteiger partial charge in [0.15, 0.2) is 0 Å². The van der Waals surface area contributed by atoms with E-state index in [0.717, 1.165) is 10.6 Å². The van der Waals surface area contributed by atoms with E-state index in [2.05, 4.69) is 10.3 Å². The van der Waals surface area contributed by atoms with Crippen LogP contribution in [-0.2, 0) is 5.88 Å². The lowest BCUT2D eigenvalue weighted by Gasteiger charge is -2.11. The monoisotopic (exact) mass is 280 g/mol. The van der Waals surface area contributed by atoms with Crippen LogP contribution in [0, 0.1) is 0 Å². The predicted molar refractivity (Wildman–Crippen MR) is 74.0 cm³/mol. The summed E-state index contributed by atoms with van der Waals surface area (Å²) < 4.78 is 0. The number of thiazole rings is 1. The summed E-state index contributed by atoms with van der Waals surface area (Å²) in [6.45, 7) is 1.92. The highest BCUT2D eigenvalue weighted by Crippen LogP contribution is 2.15. The van der Waals surface area contributed by atoms with Gasteiger partial charge in [-0.3, -0.25) is 4.79 Å². The number of amides is 1. The fourth-order valence-electron chi connectivity index (χ4n) is 1.54. The Morgan fingerprint density at radius 3 is 2.72 bits per heavy atom. The van der Waals surface area contributed by atoms with Gasteiger partial charge >= 0.3 is 0 Å². The van der Waals surface area contributed by atoms with Gasteiger partial charge in [0.05, 0.1) is 6.04 Å². The lowest BCUT2D eigenvalue weighted by molar-refractivity contribution is 0.0940. The van der Waals surface area contributed by atoms with Crippen LogP contribution in [0.25, 0.3) is 0 Å². The normalized spacial score (nSPS) is 12.1. The average Bonchev–Trinajstić information content (AvgIpc) is 2.92. The molecule has 1 atom stereocenters. The predicted octanol–water partition coefficient (Wildman–Crippen LogP) is 3.37. The van der Waals surface area contributed by atoms with Crippen LogP contribution in [0.2, 0.25) is 0 Å². The van der Waals surface area contributed by atoms with E-state index in [0.29, 0.717) is 11.4 Å². The second kappa shape index (κ2) is 5.98. The first-order valence-electron chi connectivity index (χ1n) is 5.56. The molecule has 3 nitrogen and oxygen atoms in total. The van der Waals surface area contributed by atoms with Gasteiger partial charge < -0.3 is 5.32 Å². The van der Waals surface area contributed by atoms with Crippen molar-refractivity contribution in [2.24, 2.45) is 0 Å². The second-order valence-corrected chi connectivity index (χ2v) is 5.09. The van der Waals surface area contributed by atoms with Crippen molar-refractivity contribution in [1.82, 2.24) is 10.3 Å². The number of carbonyl (C=O) groups is 1. The van der Waals surface area contributed by atoms with Crippen LogP contribution in [0.15, 0.2) is 35.8 Å². The molecular formula is C13H13ClN2OS. The highest BCUT2D eigenvalue weighted by atomic mass is 35.5. The van der Waals surface area contributed by atoms with Crippen LogP contribution in [0.1, 0.15) is 33.9 Å². The number of benzene rings is 1. The third-order valence-corrected chi connectivity index (χ3v) is 3.81. The Balaban J connectivity index is 2.03. The summed E-state index contributed by atoms with van der Waals surface area (Å²) in [4.78, 5) is 16.2. The number of carbonyl (C=O) groups excluding carboxylic acids is 1. The van der Waals surface area contributed by atoms with E-state index in [4.69, 9.17) is 11.6 Å². The van der Waals surface area contributed by atoms with Crippen LogP contribution in [0.4, 0.5) is 0 Å². The Bertz CT molecular complexity index is 510. The van der Waals surface area contributed by atoms with E-state index in [1.54, 1.807) is 18.3 Å². The summed E-state index contributed by atoms with van der Waals surface area (Å²) in [5.41, 5.74) is 1.63. The number of aromatic nitrogens is 1. The molecule has 0 aliphatic carbocycles. The second-order valence-electron chi connectivity index (χ2n) is 3.90.